The third-order valence-corrected chi connectivity index (χ3v) is 3.48. The van der Waals surface area contributed by atoms with Gasteiger partial charge in [-0.25, -0.2) is 13.6 Å². The predicted octanol–water partition coefficient (Wildman–Crippen LogP) is 1.12. The Hall–Kier alpha value is -1.47. The second-order valence-electron chi connectivity index (χ2n) is 3.80. The van der Waals surface area contributed by atoms with E-state index in [1.54, 1.807) is 6.07 Å². The molecule has 2 N–H and O–H groups in total. The number of hydrogen-bond donors (Lipinski definition) is 1. The van der Waals surface area contributed by atoms with Gasteiger partial charge in [0, 0.05) is 6.07 Å². The molecule has 0 unspecified atom stereocenters. The maximum absolute atomic E-state index is 11.2. The summed E-state index contributed by atoms with van der Waals surface area (Å²) < 4.78 is 22.5. The lowest BCUT2D eigenvalue weighted by Crippen LogP contribution is -2.14. The number of hydrogen-bond acceptors (Lipinski definition) is 4. The van der Waals surface area contributed by atoms with Crippen molar-refractivity contribution in [2.45, 2.75) is 23.7 Å². The average Bonchev–Trinajstić information content (AvgIpc) is 2.98. The molecule has 1 fully saturated rings. The van der Waals surface area contributed by atoms with Crippen LogP contribution in [0.15, 0.2) is 23.1 Å². The smallest absolute Gasteiger partial charge is 0.258 e. The lowest BCUT2D eigenvalue weighted by atomic mass is 10.1. The first kappa shape index (κ1) is 11.0. The monoisotopic (exact) mass is 242 g/mol. The van der Waals surface area contributed by atoms with E-state index < -0.39 is 25.5 Å². The fourth-order valence-corrected chi connectivity index (χ4v) is 2.31. The molecule has 0 heterocycles. The van der Waals surface area contributed by atoms with Crippen LogP contribution >= 0.6 is 0 Å². The number of nitro groups is 1. The van der Waals surface area contributed by atoms with Gasteiger partial charge in [0.1, 0.15) is 0 Å². The average molecular weight is 242 g/mol. The van der Waals surface area contributed by atoms with E-state index in [2.05, 4.69) is 0 Å². The summed E-state index contributed by atoms with van der Waals surface area (Å²) in [6, 6.07) is 4.10. The molecule has 1 aliphatic rings. The Morgan fingerprint density at radius 2 is 2.00 bits per heavy atom. The Morgan fingerprint density at radius 3 is 2.44 bits per heavy atom. The first-order valence-corrected chi connectivity index (χ1v) is 6.25. The fourth-order valence-electron chi connectivity index (χ4n) is 1.58. The van der Waals surface area contributed by atoms with Crippen molar-refractivity contribution in [1.82, 2.24) is 0 Å². The third kappa shape index (κ3) is 2.05. The molecular weight excluding hydrogens is 232 g/mol. The molecular formula is C9H10N2O4S. The Balaban J connectivity index is 2.59. The molecule has 0 spiro atoms. The maximum atomic E-state index is 11.2. The summed E-state index contributed by atoms with van der Waals surface area (Å²) >= 11 is 0. The minimum Gasteiger partial charge on any atom is -0.258 e. The molecule has 0 atom stereocenters. The first-order chi connectivity index (χ1) is 7.39. The van der Waals surface area contributed by atoms with Crippen molar-refractivity contribution < 1.29 is 13.3 Å². The van der Waals surface area contributed by atoms with Crippen LogP contribution in [-0.2, 0) is 10.0 Å². The SMILES string of the molecule is NS(=O)(=O)c1cc(C2CC2)ccc1[N+](=O)[O-]. The van der Waals surface area contributed by atoms with Crippen molar-refractivity contribution in [3.05, 3.63) is 33.9 Å². The van der Waals surface area contributed by atoms with Gasteiger partial charge in [-0.15, -0.1) is 0 Å². The lowest BCUT2D eigenvalue weighted by molar-refractivity contribution is -0.387. The van der Waals surface area contributed by atoms with Crippen LogP contribution in [0.5, 0.6) is 0 Å². The third-order valence-electron chi connectivity index (χ3n) is 2.54. The summed E-state index contributed by atoms with van der Waals surface area (Å²) in [7, 11) is -4.05. The zero-order valence-corrected chi connectivity index (χ0v) is 9.11. The van der Waals surface area contributed by atoms with E-state index in [4.69, 9.17) is 5.14 Å². The zero-order chi connectivity index (χ0) is 11.9. The highest BCUT2D eigenvalue weighted by Crippen LogP contribution is 2.41. The van der Waals surface area contributed by atoms with Crippen LogP contribution in [0.1, 0.15) is 24.3 Å². The summed E-state index contributed by atoms with van der Waals surface area (Å²) in [5, 5.41) is 15.6. The number of benzene rings is 1. The van der Waals surface area contributed by atoms with Crippen molar-refractivity contribution in [2.24, 2.45) is 5.14 Å². The molecule has 7 heteroatoms. The molecule has 0 saturated heterocycles. The second kappa shape index (κ2) is 3.53. The predicted molar refractivity (Wildman–Crippen MR) is 56.4 cm³/mol. The topological polar surface area (TPSA) is 103 Å². The molecule has 0 aliphatic heterocycles. The van der Waals surface area contributed by atoms with Crippen molar-refractivity contribution in [1.29, 1.82) is 0 Å². The number of rotatable bonds is 3. The number of nitrogens with two attached hydrogens (primary N) is 1. The molecule has 86 valence electrons. The van der Waals surface area contributed by atoms with Crippen molar-refractivity contribution in [3.63, 3.8) is 0 Å². The van der Waals surface area contributed by atoms with E-state index >= 15 is 0 Å². The molecule has 6 nitrogen and oxygen atoms in total. The van der Waals surface area contributed by atoms with Gasteiger partial charge in [0.05, 0.1) is 4.92 Å². The highest BCUT2D eigenvalue weighted by molar-refractivity contribution is 7.89. The van der Waals surface area contributed by atoms with Crippen molar-refractivity contribution in [3.8, 4) is 0 Å². The number of nitrogens with zero attached hydrogens (tertiary/aromatic N) is 1. The highest BCUT2D eigenvalue weighted by atomic mass is 32.2. The van der Waals surface area contributed by atoms with E-state index in [9.17, 15) is 18.5 Å². The molecule has 0 bridgehead atoms. The fraction of sp³-hybridized carbons (Fsp3) is 0.333. The molecule has 2 rings (SSSR count). The van der Waals surface area contributed by atoms with Crippen LogP contribution in [0.25, 0.3) is 0 Å². The maximum Gasteiger partial charge on any atom is 0.289 e. The van der Waals surface area contributed by atoms with Gasteiger partial charge in [-0.05, 0) is 30.4 Å². The van der Waals surface area contributed by atoms with Gasteiger partial charge in [-0.2, -0.15) is 0 Å². The largest absolute Gasteiger partial charge is 0.289 e. The van der Waals surface area contributed by atoms with Gasteiger partial charge >= 0.3 is 0 Å². The van der Waals surface area contributed by atoms with Gasteiger partial charge in [-0.1, -0.05) is 6.07 Å². The highest BCUT2D eigenvalue weighted by Gasteiger charge is 2.28. The van der Waals surface area contributed by atoms with E-state index in [-0.39, 0.29) is 0 Å². The first-order valence-electron chi connectivity index (χ1n) is 4.71. The van der Waals surface area contributed by atoms with Gasteiger partial charge in [0.2, 0.25) is 10.0 Å². The quantitative estimate of drug-likeness (QED) is 0.633. The van der Waals surface area contributed by atoms with Gasteiger partial charge in [0.25, 0.3) is 5.69 Å². The van der Waals surface area contributed by atoms with E-state index in [0.29, 0.717) is 5.92 Å². The van der Waals surface area contributed by atoms with Crippen LogP contribution < -0.4 is 5.14 Å². The number of primary sulfonamides is 1. The molecule has 1 saturated carbocycles. The Morgan fingerprint density at radius 1 is 1.38 bits per heavy atom. The van der Waals surface area contributed by atoms with E-state index in [0.717, 1.165) is 18.4 Å². The molecule has 0 aromatic heterocycles. The number of nitro benzene ring substituents is 1. The molecule has 1 aromatic carbocycles. The normalized spacial score (nSPS) is 16.1. The lowest BCUT2D eigenvalue weighted by Gasteiger charge is -2.03. The summed E-state index contributed by atoms with van der Waals surface area (Å²) in [4.78, 5) is 9.51. The van der Waals surface area contributed by atoms with Crippen LogP contribution in [0.4, 0.5) is 5.69 Å². The summed E-state index contributed by atoms with van der Waals surface area (Å²) in [6.45, 7) is 0. The van der Waals surface area contributed by atoms with Crippen LogP contribution in [-0.4, -0.2) is 13.3 Å². The molecule has 0 radical (unpaired) electrons. The van der Waals surface area contributed by atoms with Crippen LogP contribution in [0.3, 0.4) is 0 Å². The zero-order valence-electron chi connectivity index (χ0n) is 8.29. The second-order valence-corrected chi connectivity index (χ2v) is 5.33. The molecule has 16 heavy (non-hydrogen) atoms. The van der Waals surface area contributed by atoms with Gasteiger partial charge in [-0.3, -0.25) is 10.1 Å². The molecule has 1 aliphatic carbocycles. The Labute approximate surface area is 92.3 Å². The van der Waals surface area contributed by atoms with Gasteiger partial charge < -0.3 is 0 Å². The summed E-state index contributed by atoms with van der Waals surface area (Å²) in [6.07, 6.45) is 1.98. The standard InChI is InChI=1S/C9H10N2O4S/c10-16(14,15)9-5-7(6-1-2-6)3-4-8(9)11(12)13/h3-6H,1-2H2,(H2,10,14,15). The minimum absolute atomic E-state index is 0.321. The molecule has 0 amide bonds. The minimum atomic E-state index is -4.05. The van der Waals surface area contributed by atoms with Crippen molar-refractivity contribution in [2.75, 3.05) is 0 Å². The Bertz CT molecular complexity index is 549. The van der Waals surface area contributed by atoms with Gasteiger partial charge in [0.15, 0.2) is 4.90 Å². The van der Waals surface area contributed by atoms with Crippen molar-refractivity contribution >= 4 is 15.7 Å². The number of sulfonamides is 1. The summed E-state index contributed by atoms with van der Waals surface area (Å²) in [5.41, 5.74) is 0.335. The van der Waals surface area contributed by atoms with Crippen LogP contribution in [0, 0.1) is 10.1 Å². The Kier molecular flexibility index (Phi) is 2.43. The molecule has 1 aromatic rings. The van der Waals surface area contributed by atoms with Crippen LogP contribution in [0.2, 0.25) is 0 Å². The van der Waals surface area contributed by atoms with E-state index in [1.807, 2.05) is 0 Å². The summed E-state index contributed by atoms with van der Waals surface area (Å²) in [5.74, 6) is 0.321. The van der Waals surface area contributed by atoms with E-state index in [1.165, 1.54) is 12.1 Å².